The van der Waals surface area contributed by atoms with Crippen LogP contribution in [0.4, 0.5) is 35.0 Å². The van der Waals surface area contributed by atoms with Gasteiger partial charge in [0.2, 0.25) is 11.8 Å². The van der Waals surface area contributed by atoms with Crippen molar-refractivity contribution in [2.75, 3.05) is 29.6 Å². The average Bonchev–Trinajstić information content (AvgIpc) is 3.47. The van der Waals surface area contributed by atoms with Gasteiger partial charge in [-0.05, 0) is 60.5 Å². The smallest absolute Gasteiger partial charge is 0.420 e. The SMILES string of the molecule is COc1cc2c(cc1C(F)(F)F)N(C(=O)Nc1ccc(Oc3cccnc3)nc1)CC2.Nc1ccc(Oc2cccnc2)nc1. The fourth-order valence-electron chi connectivity index (χ4n) is 4.23. The third-order valence-electron chi connectivity index (χ3n) is 6.31. The Labute approximate surface area is 255 Å². The second-order valence-corrected chi connectivity index (χ2v) is 9.41. The quantitative estimate of drug-likeness (QED) is 0.212. The van der Waals surface area contributed by atoms with E-state index in [0.29, 0.717) is 46.6 Å². The molecule has 0 spiro atoms. The number of carbonyl (C=O) groups excluding carboxylic acids is 1. The minimum Gasteiger partial charge on any atom is -0.496 e. The van der Waals surface area contributed by atoms with Gasteiger partial charge in [-0.15, -0.1) is 0 Å². The van der Waals surface area contributed by atoms with Gasteiger partial charge in [0.1, 0.15) is 17.2 Å². The maximum Gasteiger partial charge on any atom is 0.420 e. The normalized spacial score (nSPS) is 12.0. The summed E-state index contributed by atoms with van der Waals surface area (Å²) >= 11 is 0. The first-order valence-corrected chi connectivity index (χ1v) is 13.4. The molecule has 5 heterocycles. The fraction of sp³-hybridized carbons (Fsp3) is 0.129. The number of rotatable bonds is 6. The summed E-state index contributed by atoms with van der Waals surface area (Å²) in [4.78, 5) is 29.9. The number of nitrogens with zero attached hydrogens (tertiary/aromatic N) is 5. The molecule has 1 aliphatic heterocycles. The van der Waals surface area contributed by atoms with Crippen LogP contribution in [0.1, 0.15) is 11.1 Å². The largest absolute Gasteiger partial charge is 0.496 e. The van der Waals surface area contributed by atoms with E-state index in [0.717, 1.165) is 6.07 Å². The number of hydrogen-bond acceptors (Lipinski definition) is 9. The number of alkyl halides is 3. The van der Waals surface area contributed by atoms with E-state index in [1.54, 1.807) is 67.3 Å². The van der Waals surface area contributed by atoms with E-state index in [-0.39, 0.29) is 18.0 Å². The van der Waals surface area contributed by atoms with E-state index in [4.69, 9.17) is 19.9 Å². The van der Waals surface area contributed by atoms with Gasteiger partial charge in [-0.1, -0.05) is 0 Å². The number of nitrogens with one attached hydrogen (secondary N) is 1. The van der Waals surface area contributed by atoms with Crippen molar-refractivity contribution in [1.82, 2.24) is 19.9 Å². The van der Waals surface area contributed by atoms with Crippen LogP contribution in [0.25, 0.3) is 0 Å². The minimum atomic E-state index is -4.60. The van der Waals surface area contributed by atoms with Crippen LogP contribution in [0.2, 0.25) is 0 Å². The Morgan fingerprint density at radius 3 is 2.04 bits per heavy atom. The number of halogens is 3. The van der Waals surface area contributed by atoms with Crippen LogP contribution in [0, 0.1) is 0 Å². The number of fused-ring (bicyclic) bond motifs is 1. The Morgan fingerprint density at radius 1 is 0.889 bits per heavy atom. The lowest BCUT2D eigenvalue weighted by Gasteiger charge is -2.20. The number of benzene rings is 1. The number of urea groups is 1. The van der Waals surface area contributed by atoms with Crippen LogP contribution in [-0.2, 0) is 12.6 Å². The number of ether oxygens (including phenoxy) is 3. The van der Waals surface area contributed by atoms with Crippen molar-refractivity contribution >= 4 is 23.1 Å². The number of methoxy groups -OCH3 is 1. The van der Waals surface area contributed by atoms with Gasteiger partial charge in [-0.3, -0.25) is 14.9 Å². The van der Waals surface area contributed by atoms with Gasteiger partial charge in [0.05, 0.1) is 48.8 Å². The molecule has 5 aromatic rings. The second-order valence-electron chi connectivity index (χ2n) is 9.41. The van der Waals surface area contributed by atoms with Crippen LogP contribution in [0.5, 0.6) is 29.0 Å². The van der Waals surface area contributed by atoms with Crippen LogP contribution in [-0.4, -0.2) is 39.6 Å². The molecule has 0 saturated heterocycles. The Bertz CT molecular complexity index is 1730. The highest BCUT2D eigenvalue weighted by molar-refractivity contribution is 6.03. The molecule has 0 aliphatic carbocycles. The van der Waals surface area contributed by atoms with E-state index in [9.17, 15) is 18.0 Å². The fourth-order valence-corrected chi connectivity index (χ4v) is 4.23. The summed E-state index contributed by atoms with van der Waals surface area (Å²) in [5, 5.41) is 2.65. The van der Waals surface area contributed by atoms with Gasteiger partial charge in [0.15, 0.2) is 0 Å². The van der Waals surface area contributed by atoms with Gasteiger partial charge in [-0.25, -0.2) is 14.8 Å². The van der Waals surface area contributed by atoms with Crippen LogP contribution < -0.4 is 30.2 Å². The molecule has 6 rings (SSSR count). The first-order chi connectivity index (χ1) is 21.7. The summed E-state index contributed by atoms with van der Waals surface area (Å²) in [7, 11) is 1.19. The highest BCUT2D eigenvalue weighted by Gasteiger charge is 2.37. The van der Waals surface area contributed by atoms with E-state index in [1.165, 1.54) is 30.5 Å². The van der Waals surface area contributed by atoms with Crippen molar-refractivity contribution in [2.45, 2.75) is 12.6 Å². The van der Waals surface area contributed by atoms with Crippen molar-refractivity contribution in [3.63, 3.8) is 0 Å². The van der Waals surface area contributed by atoms with Gasteiger partial charge in [0.25, 0.3) is 0 Å². The molecule has 1 aromatic carbocycles. The predicted molar refractivity (Wildman–Crippen MR) is 160 cm³/mol. The van der Waals surface area contributed by atoms with Gasteiger partial charge < -0.3 is 25.3 Å². The lowest BCUT2D eigenvalue weighted by Crippen LogP contribution is -2.33. The van der Waals surface area contributed by atoms with Gasteiger partial charge in [-0.2, -0.15) is 13.2 Å². The summed E-state index contributed by atoms with van der Waals surface area (Å²) in [5.74, 6) is 1.72. The lowest BCUT2D eigenvalue weighted by atomic mass is 10.1. The zero-order valence-corrected chi connectivity index (χ0v) is 23.7. The molecule has 0 radical (unpaired) electrons. The zero-order chi connectivity index (χ0) is 31.8. The first-order valence-electron chi connectivity index (χ1n) is 13.4. The summed E-state index contributed by atoms with van der Waals surface area (Å²) in [6.45, 7) is 0.251. The highest BCUT2D eigenvalue weighted by atomic mass is 19.4. The number of nitrogens with two attached hydrogens (primary N) is 1. The maximum absolute atomic E-state index is 13.3. The minimum absolute atomic E-state index is 0.204. The Kier molecular flexibility index (Phi) is 9.22. The number of hydrogen-bond donors (Lipinski definition) is 2. The van der Waals surface area contributed by atoms with Crippen LogP contribution in [0.3, 0.4) is 0 Å². The summed E-state index contributed by atoms with van der Waals surface area (Å²) in [5.41, 5.74) is 6.37. The number of amides is 2. The molecule has 0 fully saturated rings. The average molecular weight is 618 g/mol. The third kappa shape index (κ3) is 7.93. The molecular formula is C31H26F3N7O4. The molecule has 0 unspecified atom stereocenters. The second kappa shape index (κ2) is 13.6. The molecule has 45 heavy (non-hydrogen) atoms. The number of anilines is 3. The molecule has 230 valence electrons. The molecule has 4 aromatic heterocycles. The maximum atomic E-state index is 13.3. The number of pyridine rings is 4. The molecule has 2 amide bonds. The van der Waals surface area contributed by atoms with E-state index < -0.39 is 17.8 Å². The molecule has 14 heteroatoms. The van der Waals surface area contributed by atoms with Crippen LogP contribution in [0.15, 0.2) is 97.8 Å². The molecule has 0 atom stereocenters. The lowest BCUT2D eigenvalue weighted by molar-refractivity contribution is -0.138. The molecular weight excluding hydrogens is 591 g/mol. The predicted octanol–water partition coefficient (Wildman–Crippen LogP) is 6.74. The van der Waals surface area contributed by atoms with E-state index in [1.807, 2.05) is 6.07 Å². The highest BCUT2D eigenvalue weighted by Crippen LogP contribution is 2.42. The Hall–Kier alpha value is -5.92. The van der Waals surface area contributed by atoms with E-state index in [2.05, 4.69) is 25.3 Å². The summed E-state index contributed by atoms with van der Waals surface area (Å²) in [6, 6.07) is 15.4. The van der Waals surface area contributed by atoms with Crippen molar-refractivity contribution < 1.29 is 32.2 Å². The topological polar surface area (TPSA) is 138 Å². The first kappa shape index (κ1) is 30.5. The third-order valence-corrected chi connectivity index (χ3v) is 6.31. The van der Waals surface area contributed by atoms with Crippen molar-refractivity contribution in [3.8, 4) is 29.0 Å². The standard InChI is InChI=1S/C21H17F3N4O3.C10H9N3O/c1-30-18-9-13-6-8-28(17(13)10-16(18)21(22,23)24)20(29)27-14-4-5-19(26-11-14)31-15-3-2-7-25-12-15;11-8-3-4-10(13-6-8)14-9-2-1-5-12-7-9/h2-5,7,9-12H,6,8H2,1H3,(H,27,29);1-7H,11H2. The Balaban J connectivity index is 0.000000238. The summed E-state index contributed by atoms with van der Waals surface area (Å²) < 4.78 is 55.9. The number of carbonyl (C=O) groups is 1. The molecule has 11 nitrogen and oxygen atoms in total. The number of nitrogen functional groups attached to an aromatic ring is 1. The van der Waals surface area contributed by atoms with Crippen molar-refractivity contribution in [2.24, 2.45) is 0 Å². The van der Waals surface area contributed by atoms with Crippen LogP contribution >= 0.6 is 0 Å². The molecule has 1 aliphatic rings. The van der Waals surface area contributed by atoms with Gasteiger partial charge in [0, 0.05) is 36.8 Å². The Morgan fingerprint density at radius 2 is 1.53 bits per heavy atom. The van der Waals surface area contributed by atoms with Crippen molar-refractivity contribution in [1.29, 1.82) is 0 Å². The molecule has 3 N–H and O–H groups in total. The van der Waals surface area contributed by atoms with E-state index >= 15 is 0 Å². The number of aromatic nitrogens is 4. The monoisotopic (exact) mass is 617 g/mol. The summed E-state index contributed by atoms with van der Waals surface area (Å²) in [6.07, 6.45) is 5.23. The van der Waals surface area contributed by atoms with Crippen molar-refractivity contribution in [3.05, 3.63) is 109 Å². The molecule has 0 saturated carbocycles. The zero-order valence-electron chi connectivity index (χ0n) is 23.7. The van der Waals surface area contributed by atoms with Gasteiger partial charge >= 0.3 is 12.2 Å². The molecule has 0 bridgehead atoms.